The monoisotopic (exact) mass is 373 g/mol. The molecule has 0 atom stereocenters. The number of anilines is 1. The lowest BCUT2D eigenvalue weighted by Crippen LogP contribution is -2.32. The molecule has 1 rings (SSSR count). The van der Waals surface area contributed by atoms with E-state index in [-0.39, 0.29) is 24.2 Å². The third-order valence-corrected chi connectivity index (χ3v) is 3.03. The SMILES string of the molecule is CN(CCC#N)C(=O)Nc1ccc(I)cc1C(=O)O. The number of nitrogens with one attached hydrogen (secondary N) is 1. The van der Waals surface area contributed by atoms with Crippen molar-refractivity contribution in [1.82, 2.24) is 4.90 Å². The van der Waals surface area contributed by atoms with Crippen molar-refractivity contribution in [3.63, 3.8) is 0 Å². The van der Waals surface area contributed by atoms with E-state index in [0.717, 1.165) is 3.57 Å². The zero-order valence-electron chi connectivity index (χ0n) is 10.2. The Balaban J connectivity index is 2.85. The van der Waals surface area contributed by atoms with Crippen molar-refractivity contribution in [2.75, 3.05) is 18.9 Å². The third kappa shape index (κ3) is 4.40. The van der Waals surface area contributed by atoms with E-state index in [1.807, 2.05) is 28.7 Å². The summed E-state index contributed by atoms with van der Waals surface area (Å²) in [5, 5.41) is 20.0. The van der Waals surface area contributed by atoms with Crippen molar-refractivity contribution in [3.8, 4) is 6.07 Å². The fraction of sp³-hybridized carbons (Fsp3) is 0.250. The van der Waals surface area contributed by atoms with Crippen LogP contribution in [-0.4, -0.2) is 35.6 Å². The summed E-state index contributed by atoms with van der Waals surface area (Å²) in [7, 11) is 1.54. The number of carboxylic acid groups (broad SMARTS) is 1. The number of carbonyl (C=O) groups excluding carboxylic acids is 1. The van der Waals surface area contributed by atoms with Gasteiger partial charge in [0.15, 0.2) is 0 Å². The average Bonchev–Trinajstić information content (AvgIpc) is 2.37. The molecule has 0 saturated heterocycles. The highest BCUT2D eigenvalue weighted by Crippen LogP contribution is 2.19. The molecule has 1 aromatic rings. The Bertz CT molecular complexity index is 540. The molecule has 6 nitrogen and oxygen atoms in total. The smallest absolute Gasteiger partial charge is 0.337 e. The zero-order chi connectivity index (χ0) is 14.4. The molecule has 0 radical (unpaired) electrons. The van der Waals surface area contributed by atoms with E-state index in [2.05, 4.69) is 5.32 Å². The van der Waals surface area contributed by atoms with E-state index in [9.17, 15) is 9.59 Å². The molecule has 0 bridgehead atoms. The van der Waals surface area contributed by atoms with Crippen molar-refractivity contribution in [2.24, 2.45) is 0 Å². The second-order valence-electron chi connectivity index (χ2n) is 3.75. The van der Waals surface area contributed by atoms with Gasteiger partial charge in [0.25, 0.3) is 0 Å². The van der Waals surface area contributed by atoms with Crippen molar-refractivity contribution in [3.05, 3.63) is 27.3 Å². The molecule has 0 fully saturated rings. The molecular formula is C12H12IN3O3. The highest BCUT2D eigenvalue weighted by molar-refractivity contribution is 14.1. The van der Waals surface area contributed by atoms with Gasteiger partial charge in [0.2, 0.25) is 0 Å². The molecule has 2 amide bonds. The maximum atomic E-state index is 11.8. The quantitative estimate of drug-likeness (QED) is 0.793. The van der Waals surface area contributed by atoms with Crippen LogP contribution in [0.25, 0.3) is 0 Å². The van der Waals surface area contributed by atoms with E-state index < -0.39 is 12.0 Å². The van der Waals surface area contributed by atoms with Crippen LogP contribution in [0.5, 0.6) is 0 Å². The second-order valence-corrected chi connectivity index (χ2v) is 5.00. The number of carbonyl (C=O) groups is 2. The molecule has 0 unspecified atom stereocenters. The maximum absolute atomic E-state index is 11.8. The summed E-state index contributed by atoms with van der Waals surface area (Å²) in [5.74, 6) is -1.10. The first-order chi connectivity index (χ1) is 8.95. The van der Waals surface area contributed by atoms with Gasteiger partial charge in [-0.15, -0.1) is 0 Å². The van der Waals surface area contributed by atoms with E-state index in [0.29, 0.717) is 0 Å². The molecule has 0 spiro atoms. The Kier molecular flexibility index (Phi) is 5.57. The zero-order valence-corrected chi connectivity index (χ0v) is 12.3. The van der Waals surface area contributed by atoms with Gasteiger partial charge in [-0.05, 0) is 40.8 Å². The van der Waals surface area contributed by atoms with Gasteiger partial charge in [0, 0.05) is 17.2 Å². The molecule has 0 aromatic heterocycles. The number of nitriles is 1. The molecule has 0 heterocycles. The Morgan fingerprint density at radius 3 is 2.79 bits per heavy atom. The standard InChI is InChI=1S/C12H12IN3O3/c1-16(6-2-5-14)12(19)15-10-4-3-8(13)7-9(10)11(17)18/h3-4,7H,2,6H2,1H3,(H,15,19)(H,17,18). The van der Waals surface area contributed by atoms with Crippen LogP contribution in [-0.2, 0) is 0 Å². The summed E-state index contributed by atoms with van der Waals surface area (Å²) >= 11 is 2.00. The Hall–Kier alpha value is -1.82. The summed E-state index contributed by atoms with van der Waals surface area (Å²) in [6.45, 7) is 0.287. The summed E-state index contributed by atoms with van der Waals surface area (Å²) in [4.78, 5) is 24.2. The van der Waals surface area contributed by atoms with Gasteiger partial charge in [-0.2, -0.15) is 5.26 Å². The van der Waals surface area contributed by atoms with E-state index in [1.165, 1.54) is 11.0 Å². The van der Waals surface area contributed by atoms with Gasteiger partial charge >= 0.3 is 12.0 Å². The fourth-order valence-electron chi connectivity index (χ4n) is 1.33. The summed E-state index contributed by atoms with van der Waals surface area (Å²) in [6.07, 6.45) is 0.225. The van der Waals surface area contributed by atoms with Gasteiger partial charge in [-0.3, -0.25) is 0 Å². The highest BCUT2D eigenvalue weighted by Gasteiger charge is 2.15. The molecule has 2 N–H and O–H groups in total. The predicted octanol–water partition coefficient (Wildman–Crippen LogP) is 2.37. The normalized spacial score (nSPS) is 9.53. The molecule has 7 heteroatoms. The number of carboxylic acids is 1. The lowest BCUT2D eigenvalue weighted by molar-refractivity contribution is 0.0698. The number of aromatic carboxylic acids is 1. The largest absolute Gasteiger partial charge is 0.478 e. The van der Waals surface area contributed by atoms with Crippen molar-refractivity contribution >= 4 is 40.3 Å². The van der Waals surface area contributed by atoms with Gasteiger partial charge in [0.1, 0.15) is 0 Å². The van der Waals surface area contributed by atoms with Crippen molar-refractivity contribution in [1.29, 1.82) is 5.26 Å². The number of amides is 2. The minimum atomic E-state index is -1.10. The number of urea groups is 1. The number of hydrogen-bond acceptors (Lipinski definition) is 3. The number of benzene rings is 1. The van der Waals surface area contributed by atoms with Crippen LogP contribution < -0.4 is 5.32 Å². The maximum Gasteiger partial charge on any atom is 0.337 e. The van der Waals surface area contributed by atoms with Crippen LogP contribution in [0.1, 0.15) is 16.8 Å². The number of nitrogens with zero attached hydrogens (tertiary/aromatic N) is 2. The molecule has 100 valence electrons. The van der Waals surface area contributed by atoms with Crippen LogP contribution >= 0.6 is 22.6 Å². The molecule has 0 aliphatic rings. The van der Waals surface area contributed by atoms with Crippen LogP contribution in [0.3, 0.4) is 0 Å². The minimum absolute atomic E-state index is 0.0360. The van der Waals surface area contributed by atoms with Gasteiger partial charge in [-0.1, -0.05) is 0 Å². The highest BCUT2D eigenvalue weighted by atomic mass is 127. The summed E-state index contributed by atoms with van der Waals surface area (Å²) in [6, 6.07) is 6.22. The number of hydrogen-bond donors (Lipinski definition) is 2. The number of rotatable bonds is 4. The third-order valence-electron chi connectivity index (χ3n) is 2.36. The minimum Gasteiger partial charge on any atom is -0.478 e. The lowest BCUT2D eigenvalue weighted by atomic mass is 10.2. The summed E-state index contributed by atoms with van der Waals surface area (Å²) < 4.78 is 0.769. The molecule has 0 aliphatic carbocycles. The number of halogens is 1. The van der Waals surface area contributed by atoms with E-state index in [1.54, 1.807) is 19.2 Å². The van der Waals surface area contributed by atoms with Gasteiger partial charge < -0.3 is 15.3 Å². The molecular weight excluding hydrogens is 361 g/mol. The second kappa shape index (κ2) is 6.94. The fourth-order valence-corrected chi connectivity index (χ4v) is 1.82. The lowest BCUT2D eigenvalue weighted by Gasteiger charge is -2.17. The molecule has 0 aliphatic heterocycles. The average molecular weight is 373 g/mol. The van der Waals surface area contributed by atoms with Crippen LogP contribution in [0.4, 0.5) is 10.5 Å². The van der Waals surface area contributed by atoms with Crippen LogP contribution in [0, 0.1) is 14.9 Å². The Morgan fingerprint density at radius 2 is 2.21 bits per heavy atom. The first-order valence-electron chi connectivity index (χ1n) is 5.37. The topological polar surface area (TPSA) is 93.4 Å². The Morgan fingerprint density at radius 1 is 1.53 bits per heavy atom. The van der Waals surface area contributed by atoms with Crippen molar-refractivity contribution < 1.29 is 14.7 Å². The first-order valence-corrected chi connectivity index (χ1v) is 6.45. The van der Waals surface area contributed by atoms with Crippen LogP contribution in [0.2, 0.25) is 0 Å². The molecule has 0 saturated carbocycles. The molecule has 19 heavy (non-hydrogen) atoms. The van der Waals surface area contributed by atoms with Crippen molar-refractivity contribution in [2.45, 2.75) is 6.42 Å². The van der Waals surface area contributed by atoms with E-state index >= 15 is 0 Å². The molecule has 1 aromatic carbocycles. The van der Waals surface area contributed by atoms with E-state index in [4.69, 9.17) is 10.4 Å². The summed E-state index contributed by atoms with van der Waals surface area (Å²) in [5.41, 5.74) is 0.274. The van der Waals surface area contributed by atoms with Gasteiger partial charge in [-0.25, -0.2) is 9.59 Å². The Labute approximate surface area is 124 Å². The predicted molar refractivity (Wildman–Crippen MR) is 78.0 cm³/mol. The first kappa shape index (κ1) is 15.2. The van der Waals surface area contributed by atoms with Gasteiger partial charge in [0.05, 0.1) is 23.7 Å². The van der Waals surface area contributed by atoms with Crippen LogP contribution in [0.15, 0.2) is 18.2 Å².